The highest BCUT2D eigenvalue weighted by Gasteiger charge is 2.11. The molecule has 4 nitrogen and oxygen atoms in total. The maximum Gasteiger partial charge on any atom is 0.177 e. The van der Waals surface area contributed by atoms with E-state index in [2.05, 4.69) is 15.9 Å². The van der Waals surface area contributed by atoms with E-state index in [0.717, 1.165) is 0 Å². The Labute approximate surface area is 102 Å². The minimum Gasteiger partial charge on any atom is -0.490 e. The lowest BCUT2D eigenvalue weighted by molar-refractivity contribution is 0.297. The number of halogens is 1. The molecule has 0 aliphatic heterocycles. The molecule has 0 radical (unpaired) electrons. The number of nitrogens with zero attached hydrogens (tertiary/aromatic N) is 2. The Balaban J connectivity index is 3.13. The molecule has 0 aromatic heterocycles. The lowest BCUT2D eigenvalue weighted by Crippen LogP contribution is -2.00. The van der Waals surface area contributed by atoms with Crippen LogP contribution >= 0.6 is 15.9 Å². The average Bonchev–Trinajstić information content (AvgIpc) is 2.28. The fourth-order valence-electron chi connectivity index (χ4n) is 1.14. The summed E-state index contributed by atoms with van der Waals surface area (Å²) >= 11 is 3.27. The molecule has 1 aromatic carbocycles. The Bertz CT molecular complexity index is 460. The zero-order valence-corrected chi connectivity index (χ0v) is 10.2. The van der Waals surface area contributed by atoms with E-state index in [1.165, 1.54) is 0 Å². The number of ether oxygens (including phenoxy) is 2. The fraction of sp³-hybridized carbons (Fsp3) is 0.273. The van der Waals surface area contributed by atoms with Crippen molar-refractivity contribution in [1.29, 1.82) is 10.5 Å². The summed E-state index contributed by atoms with van der Waals surface area (Å²) in [6.45, 7) is 2.23. The smallest absolute Gasteiger partial charge is 0.177 e. The van der Waals surface area contributed by atoms with Gasteiger partial charge in [-0.25, -0.2) is 0 Å². The molecule has 0 saturated heterocycles. The highest BCUT2D eigenvalue weighted by Crippen LogP contribution is 2.36. The third kappa shape index (κ3) is 2.88. The second-order valence-corrected chi connectivity index (χ2v) is 3.63. The van der Waals surface area contributed by atoms with Crippen molar-refractivity contribution in [3.05, 3.63) is 22.2 Å². The van der Waals surface area contributed by atoms with Crippen molar-refractivity contribution in [3.8, 4) is 23.6 Å². The summed E-state index contributed by atoms with van der Waals surface area (Å²) in [4.78, 5) is 0. The predicted molar refractivity (Wildman–Crippen MR) is 61.1 cm³/mol. The van der Waals surface area contributed by atoms with Crippen LogP contribution < -0.4 is 9.47 Å². The van der Waals surface area contributed by atoms with Gasteiger partial charge in [0, 0.05) is 6.07 Å². The lowest BCUT2D eigenvalue weighted by atomic mass is 10.2. The molecule has 0 saturated carbocycles. The van der Waals surface area contributed by atoms with E-state index in [0.29, 0.717) is 28.1 Å². The van der Waals surface area contributed by atoms with E-state index >= 15 is 0 Å². The van der Waals surface area contributed by atoms with E-state index in [-0.39, 0.29) is 6.61 Å². The van der Waals surface area contributed by atoms with Crippen molar-refractivity contribution < 1.29 is 9.47 Å². The van der Waals surface area contributed by atoms with Crippen LogP contribution in [0.2, 0.25) is 0 Å². The first-order valence-electron chi connectivity index (χ1n) is 4.59. The molecule has 0 aliphatic carbocycles. The Kier molecular flexibility index (Phi) is 4.63. The second-order valence-electron chi connectivity index (χ2n) is 2.78. The molecule has 5 heteroatoms. The molecule has 82 valence electrons. The van der Waals surface area contributed by atoms with E-state index < -0.39 is 0 Å². The molecule has 0 aliphatic rings. The van der Waals surface area contributed by atoms with Gasteiger partial charge in [0.25, 0.3) is 0 Å². The largest absolute Gasteiger partial charge is 0.490 e. The number of benzene rings is 1. The standard InChI is InChI=1S/C11H9BrN2O2/c1-2-15-10-6-8(7-14)5-9(12)11(10)16-4-3-13/h5-6H,2,4H2,1H3. The summed E-state index contributed by atoms with van der Waals surface area (Å²) in [5, 5.41) is 17.3. The van der Waals surface area contributed by atoms with E-state index in [1.54, 1.807) is 12.1 Å². The second kappa shape index (κ2) is 5.99. The molecule has 1 aromatic rings. The zero-order chi connectivity index (χ0) is 12.0. The van der Waals surface area contributed by atoms with Gasteiger partial charge in [-0.1, -0.05) is 0 Å². The maximum atomic E-state index is 8.80. The van der Waals surface area contributed by atoms with E-state index in [9.17, 15) is 0 Å². The Hall–Kier alpha value is -1.72. The van der Waals surface area contributed by atoms with Gasteiger partial charge in [-0.05, 0) is 28.9 Å². The molecule has 0 fully saturated rings. The summed E-state index contributed by atoms with van der Waals surface area (Å²) in [6.07, 6.45) is 0. The summed E-state index contributed by atoms with van der Waals surface area (Å²) in [5.74, 6) is 0.908. The molecule has 1 rings (SSSR count). The van der Waals surface area contributed by atoms with Crippen LogP contribution in [-0.4, -0.2) is 13.2 Å². The molecular formula is C11H9BrN2O2. The molecule has 16 heavy (non-hydrogen) atoms. The highest BCUT2D eigenvalue weighted by atomic mass is 79.9. The predicted octanol–water partition coefficient (Wildman–Crippen LogP) is 2.62. The average molecular weight is 281 g/mol. The van der Waals surface area contributed by atoms with Crippen LogP contribution in [0.25, 0.3) is 0 Å². The summed E-state index contributed by atoms with van der Waals surface area (Å²) in [7, 11) is 0. The van der Waals surface area contributed by atoms with Crippen LogP contribution in [0.15, 0.2) is 16.6 Å². The summed E-state index contributed by atoms with van der Waals surface area (Å²) < 4.78 is 11.2. The third-order valence-electron chi connectivity index (χ3n) is 1.72. The Morgan fingerprint density at radius 1 is 1.31 bits per heavy atom. The van der Waals surface area contributed by atoms with Crippen molar-refractivity contribution >= 4 is 15.9 Å². The van der Waals surface area contributed by atoms with Crippen molar-refractivity contribution in [2.24, 2.45) is 0 Å². The number of rotatable bonds is 4. The van der Waals surface area contributed by atoms with Crippen LogP contribution in [-0.2, 0) is 0 Å². The van der Waals surface area contributed by atoms with Crippen molar-refractivity contribution in [1.82, 2.24) is 0 Å². The first-order chi connectivity index (χ1) is 7.72. The van der Waals surface area contributed by atoms with Gasteiger partial charge in [-0.15, -0.1) is 0 Å². The topological polar surface area (TPSA) is 66.0 Å². The summed E-state index contributed by atoms with van der Waals surface area (Å²) in [6, 6.07) is 7.10. The van der Waals surface area contributed by atoms with Crippen LogP contribution in [0.4, 0.5) is 0 Å². The van der Waals surface area contributed by atoms with E-state index in [4.69, 9.17) is 20.0 Å². The van der Waals surface area contributed by atoms with Crippen molar-refractivity contribution in [3.63, 3.8) is 0 Å². The first kappa shape index (κ1) is 12.4. The molecule has 0 spiro atoms. The number of hydrogen-bond donors (Lipinski definition) is 0. The minimum atomic E-state index is -0.0649. The molecule has 0 N–H and O–H groups in total. The van der Waals surface area contributed by atoms with Crippen molar-refractivity contribution in [2.75, 3.05) is 13.2 Å². The summed E-state index contributed by atoms with van der Waals surface area (Å²) in [5.41, 5.74) is 0.472. The van der Waals surface area contributed by atoms with Crippen LogP contribution in [0.3, 0.4) is 0 Å². The number of hydrogen-bond acceptors (Lipinski definition) is 4. The van der Waals surface area contributed by atoms with Gasteiger partial charge in [-0.3, -0.25) is 0 Å². The van der Waals surface area contributed by atoms with Gasteiger partial charge in [0.05, 0.1) is 22.7 Å². The highest BCUT2D eigenvalue weighted by molar-refractivity contribution is 9.10. The molecule has 0 unspecified atom stereocenters. The molecule has 0 heterocycles. The molecule has 0 amide bonds. The SMILES string of the molecule is CCOc1cc(C#N)cc(Br)c1OCC#N. The van der Waals surface area contributed by atoms with Crippen LogP contribution in [0, 0.1) is 22.7 Å². The normalized spacial score (nSPS) is 9.00. The van der Waals surface area contributed by atoms with Gasteiger partial charge in [0.15, 0.2) is 18.1 Å². The minimum absolute atomic E-state index is 0.0649. The quantitative estimate of drug-likeness (QED) is 0.850. The first-order valence-corrected chi connectivity index (χ1v) is 5.38. The Morgan fingerprint density at radius 2 is 2.06 bits per heavy atom. The van der Waals surface area contributed by atoms with E-state index in [1.807, 2.05) is 19.1 Å². The van der Waals surface area contributed by atoms with Gasteiger partial charge in [-0.2, -0.15) is 10.5 Å². The van der Waals surface area contributed by atoms with Crippen LogP contribution in [0.5, 0.6) is 11.5 Å². The number of nitriles is 2. The van der Waals surface area contributed by atoms with Gasteiger partial charge < -0.3 is 9.47 Å². The fourth-order valence-corrected chi connectivity index (χ4v) is 1.70. The lowest BCUT2D eigenvalue weighted by Gasteiger charge is -2.11. The molecular weight excluding hydrogens is 272 g/mol. The third-order valence-corrected chi connectivity index (χ3v) is 2.31. The van der Waals surface area contributed by atoms with Gasteiger partial charge in [0.1, 0.15) is 6.07 Å². The molecule has 0 bridgehead atoms. The molecule has 0 atom stereocenters. The van der Waals surface area contributed by atoms with Crippen LogP contribution in [0.1, 0.15) is 12.5 Å². The monoisotopic (exact) mass is 280 g/mol. The Morgan fingerprint density at radius 3 is 2.62 bits per heavy atom. The van der Waals surface area contributed by atoms with Crippen molar-refractivity contribution in [2.45, 2.75) is 6.92 Å². The van der Waals surface area contributed by atoms with Gasteiger partial charge in [0.2, 0.25) is 0 Å². The van der Waals surface area contributed by atoms with Gasteiger partial charge >= 0.3 is 0 Å². The maximum absolute atomic E-state index is 8.80. The zero-order valence-electron chi connectivity index (χ0n) is 8.66.